The van der Waals surface area contributed by atoms with Gasteiger partial charge in [0.25, 0.3) is 0 Å². The van der Waals surface area contributed by atoms with Gasteiger partial charge in [-0.25, -0.2) is 0 Å². The van der Waals surface area contributed by atoms with Gasteiger partial charge >= 0.3 is 48.6 Å². The molecule has 28 heteroatoms. The minimum absolute atomic E-state index is 0. The molecule has 0 aliphatic carbocycles. The summed E-state index contributed by atoms with van der Waals surface area (Å²) >= 11 is 0. The number of para-hydroxylation sites is 12. The van der Waals surface area contributed by atoms with E-state index in [4.69, 9.17) is 54.3 Å². The number of rotatable bonds is 30. The molecule has 0 amide bonds. The van der Waals surface area contributed by atoms with E-state index < -0.39 is 48.6 Å². The van der Waals surface area contributed by atoms with Crippen LogP contribution in [0.4, 0.5) is 0 Å². The van der Waals surface area contributed by atoms with Crippen LogP contribution >= 0.6 is 48.6 Å². The van der Waals surface area contributed by atoms with Gasteiger partial charge in [-0.05, 0) is 146 Å². The molecular weight excluding hydrogens is 1550 g/mol. The van der Waals surface area contributed by atoms with E-state index in [-0.39, 0.29) is 46.9 Å². The molecule has 0 fully saturated rings. The van der Waals surface area contributed by atoms with E-state index in [2.05, 4.69) is 14.6 Å². The third-order valence-corrected chi connectivity index (χ3v) is 24.0. The maximum absolute atomic E-state index is 11.5. The molecular formula is C72H69N3O18P6Yb+6. The van der Waals surface area contributed by atoms with Crippen molar-refractivity contribution in [3.05, 3.63) is 364 Å². The van der Waals surface area contributed by atoms with Crippen molar-refractivity contribution in [3.8, 4) is 69.0 Å². The van der Waals surface area contributed by atoms with Crippen molar-refractivity contribution >= 4 is 48.6 Å². The first kappa shape index (κ1) is 76.2. The predicted molar refractivity (Wildman–Crippen MR) is 389 cm³/mol. The maximum Gasteiger partial charge on any atom is 0.631 e. The molecule has 0 unspecified atom stereocenters. The summed E-state index contributed by atoms with van der Waals surface area (Å²) in [6.45, 7) is 0. The molecule has 0 saturated heterocycles. The Kier molecular flexibility index (Phi) is 29.0. The number of hydrogen-bond acceptors (Lipinski definition) is 21. The van der Waals surface area contributed by atoms with Crippen molar-refractivity contribution in [1.82, 2.24) is 14.6 Å². The summed E-state index contributed by atoms with van der Waals surface area (Å²) in [5.74, 6) is 4.03. The standard InChI is InChI=1S/3C24H23NO6P2.Yb/c3*26-32(28-21-13-5-1-6-14-21,29-22-15-7-2-8-16-22)25-33(27,30-23-17-9-3-10-18-23)31-24-19-11-4-12-20-24;/h3*1-20,25-27H;/q3*+2;. The molecule has 0 saturated carbocycles. The average Bonchev–Trinajstić information content (AvgIpc) is 0.815. The molecule has 0 spiro atoms. The van der Waals surface area contributed by atoms with Crippen LogP contribution in [-0.4, -0.2) is 29.4 Å². The van der Waals surface area contributed by atoms with E-state index in [0.717, 1.165) is 0 Å². The van der Waals surface area contributed by atoms with Crippen molar-refractivity contribution in [1.29, 1.82) is 0 Å². The van der Waals surface area contributed by atoms with Crippen molar-refractivity contribution in [2.24, 2.45) is 0 Å². The molecule has 12 aromatic rings. The van der Waals surface area contributed by atoms with Crippen molar-refractivity contribution < 1.29 is 131 Å². The van der Waals surface area contributed by atoms with E-state index in [9.17, 15) is 29.4 Å². The minimum Gasteiger partial charge on any atom is -0.261 e. The Bertz CT molecular complexity index is 3290. The zero-order chi connectivity index (χ0) is 69.0. The molecule has 0 aromatic heterocycles. The number of nitrogens with one attached hydrogen (secondary N) is 3. The third-order valence-electron chi connectivity index (χ3n) is 12.4. The van der Waals surface area contributed by atoms with Gasteiger partial charge in [-0.15, -0.1) is 0 Å². The van der Waals surface area contributed by atoms with Crippen LogP contribution in [0.3, 0.4) is 0 Å². The quantitative estimate of drug-likeness (QED) is 0.0189. The molecule has 9 N–H and O–H groups in total. The molecule has 518 valence electrons. The normalized spacial score (nSPS) is 11.3. The number of benzene rings is 12. The minimum atomic E-state index is -4.01. The van der Waals surface area contributed by atoms with Gasteiger partial charge in [-0.2, -0.15) is 29.4 Å². The van der Waals surface area contributed by atoms with Crippen LogP contribution in [-0.2, 0) is 0 Å². The van der Waals surface area contributed by atoms with E-state index in [0.29, 0.717) is 69.0 Å². The van der Waals surface area contributed by atoms with Gasteiger partial charge in [0, 0.05) is 46.9 Å². The predicted octanol–water partition coefficient (Wildman–Crippen LogP) is 18.7. The van der Waals surface area contributed by atoms with Crippen molar-refractivity contribution in [2.45, 2.75) is 0 Å². The smallest absolute Gasteiger partial charge is 0.261 e. The van der Waals surface area contributed by atoms with Crippen molar-refractivity contribution in [3.63, 3.8) is 0 Å². The molecule has 100 heavy (non-hydrogen) atoms. The van der Waals surface area contributed by atoms with Crippen LogP contribution in [0, 0.1) is 46.9 Å². The van der Waals surface area contributed by atoms with Crippen LogP contribution in [0.5, 0.6) is 69.0 Å². The summed E-state index contributed by atoms with van der Waals surface area (Å²) < 4.78 is 69.8. The van der Waals surface area contributed by atoms with E-state index in [1.54, 1.807) is 291 Å². The van der Waals surface area contributed by atoms with E-state index in [1.807, 2.05) is 72.8 Å². The Balaban J connectivity index is 0.000000174. The van der Waals surface area contributed by atoms with Gasteiger partial charge in [-0.1, -0.05) is 218 Å². The Labute approximate surface area is 621 Å². The first-order valence-electron chi connectivity index (χ1n) is 30.1. The van der Waals surface area contributed by atoms with Gasteiger partial charge in [0.2, 0.25) is 0 Å². The Morgan fingerprint density at radius 1 is 0.140 bits per heavy atom. The second-order valence-corrected chi connectivity index (χ2v) is 31.1. The SMILES string of the molecule is O[P+](N[P+](O)(Oc1ccccc1)Oc1ccccc1)(Oc1ccccc1)Oc1ccccc1.O[P+](N[P+](O)(Oc1ccccc1)Oc1ccccc1)(Oc1ccccc1)Oc1ccccc1.O[P+](N[P+](O)(Oc1ccccc1)Oc1ccccc1)(Oc1ccccc1)Oc1ccccc1.[Yb]. The maximum atomic E-state index is 11.5. The molecule has 21 nitrogen and oxygen atoms in total. The van der Waals surface area contributed by atoms with Crippen LogP contribution in [0.1, 0.15) is 0 Å². The molecule has 0 aliphatic rings. The van der Waals surface area contributed by atoms with E-state index in [1.165, 1.54) is 0 Å². The molecule has 12 rings (SSSR count). The summed E-state index contributed by atoms with van der Waals surface area (Å²) in [4.78, 5) is 76.8. The van der Waals surface area contributed by atoms with Crippen LogP contribution in [0.2, 0.25) is 0 Å². The van der Waals surface area contributed by atoms with Crippen molar-refractivity contribution in [2.75, 3.05) is 0 Å². The van der Waals surface area contributed by atoms with Gasteiger partial charge in [-0.3, -0.25) is 54.3 Å². The van der Waals surface area contributed by atoms with E-state index >= 15 is 0 Å². The van der Waals surface area contributed by atoms with Gasteiger partial charge in [0.05, 0.1) is 0 Å². The molecule has 12 aromatic carbocycles. The largest absolute Gasteiger partial charge is 0.631 e. The third kappa shape index (κ3) is 25.9. The zero-order valence-electron chi connectivity index (χ0n) is 52.7. The van der Waals surface area contributed by atoms with Gasteiger partial charge < -0.3 is 0 Å². The molecule has 0 bridgehead atoms. The van der Waals surface area contributed by atoms with Gasteiger partial charge in [0.1, 0.15) is 14.6 Å². The Hall–Kier alpha value is -8.02. The second-order valence-electron chi connectivity index (χ2n) is 20.3. The summed E-state index contributed by atoms with van der Waals surface area (Å²) in [5, 5.41) is 0. The fourth-order valence-electron chi connectivity index (χ4n) is 8.33. The van der Waals surface area contributed by atoms with Gasteiger partial charge in [0.15, 0.2) is 69.0 Å². The molecule has 0 aliphatic heterocycles. The molecule has 0 radical (unpaired) electrons. The molecule has 0 heterocycles. The van der Waals surface area contributed by atoms with Crippen LogP contribution in [0.15, 0.2) is 364 Å². The fraction of sp³-hybridized carbons (Fsp3) is 0. The summed E-state index contributed by atoms with van der Waals surface area (Å²) in [5.41, 5.74) is 0. The monoisotopic (exact) mass is 1620 g/mol. The first-order chi connectivity index (χ1) is 48.1. The first-order valence-corrected chi connectivity index (χ1v) is 39.6. The van der Waals surface area contributed by atoms with Crippen LogP contribution in [0.25, 0.3) is 0 Å². The average molecular weight is 1620 g/mol. The summed E-state index contributed by atoms with van der Waals surface area (Å²) in [7, 11) is -24.1. The van der Waals surface area contributed by atoms with Crippen LogP contribution < -0.4 is 68.9 Å². The summed E-state index contributed by atoms with van der Waals surface area (Å²) in [6, 6.07) is 104. The topological polar surface area (TPSA) is 268 Å². The Morgan fingerprint density at radius 2 is 0.210 bits per heavy atom. The molecule has 0 atom stereocenters. The summed E-state index contributed by atoms with van der Waals surface area (Å²) in [6.07, 6.45) is 0. The Morgan fingerprint density at radius 3 is 0.280 bits per heavy atom. The second kappa shape index (κ2) is 38.1. The fourth-order valence-corrected chi connectivity index (χ4v) is 19.2. The zero-order valence-corrected chi connectivity index (χ0v) is 59.8. The number of hydrogen-bond donors (Lipinski definition) is 9.